The summed E-state index contributed by atoms with van der Waals surface area (Å²) < 4.78 is 0. The second-order valence-corrected chi connectivity index (χ2v) is 5.50. The fraction of sp³-hybridized carbons (Fsp3) is 0.750. The summed E-state index contributed by atoms with van der Waals surface area (Å²) in [4.78, 5) is 6.84. The van der Waals surface area contributed by atoms with Crippen molar-refractivity contribution >= 4 is 5.82 Å². The maximum Gasteiger partial charge on any atom is 0.126 e. The fourth-order valence-electron chi connectivity index (χ4n) is 2.10. The second kappa shape index (κ2) is 17.3. The lowest BCUT2D eigenvalue weighted by molar-refractivity contribution is 0.277. The van der Waals surface area contributed by atoms with E-state index in [1.807, 2.05) is 39.8 Å². The first kappa shape index (κ1) is 24.2. The van der Waals surface area contributed by atoms with Gasteiger partial charge >= 0.3 is 0 Å². The van der Waals surface area contributed by atoms with Crippen molar-refractivity contribution in [1.29, 1.82) is 0 Å². The zero-order valence-electron chi connectivity index (χ0n) is 16.9. The van der Waals surface area contributed by atoms with Crippen molar-refractivity contribution in [1.82, 2.24) is 9.88 Å². The van der Waals surface area contributed by atoms with Crippen LogP contribution in [0.3, 0.4) is 0 Å². The highest BCUT2D eigenvalue weighted by atomic mass is 15.1. The molecule has 0 radical (unpaired) electrons. The molecule has 1 aromatic rings. The molecule has 1 saturated heterocycles. The second-order valence-electron chi connectivity index (χ2n) is 5.50. The first-order valence-corrected chi connectivity index (χ1v) is 9.52. The number of anilines is 1. The van der Waals surface area contributed by atoms with Gasteiger partial charge in [-0.3, -0.25) is 0 Å². The van der Waals surface area contributed by atoms with Crippen molar-refractivity contribution < 1.29 is 0 Å². The molecule has 23 heavy (non-hydrogen) atoms. The van der Waals surface area contributed by atoms with Crippen LogP contribution in [0.4, 0.5) is 5.82 Å². The number of nitrogens with zero attached hydrogens (tertiary/aromatic N) is 2. The molecular formula is C20H41N3. The van der Waals surface area contributed by atoms with Gasteiger partial charge in [0.2, 0.25) is 0 Å². The SMILES string of the molecule is CC.CC.CCNc1cccc(C(C)C)n1.CN1CCCCC1. The van der Waals surface area contributed by atoms with Crippen molar-refractivity contribution in [2.24, 2.45) is 0 Å². The van der Waals surface area contributed by atoms with E-state index in [4.69, 9.17) is 0 Å². The van der Waals surface area contributed by atoms with E-state index in [2.05, 4.69) is 49.1 Å². The summed E-state index contributed by atoms with van der Waals surface area (Å²) in [5, 5.41) is 3.19. The molecule has 1 aromatic heterocycles. The minimum Gasteiger partial charge on any atom is -0.370 e. The first-order valence-electron chi connectivity index (χ1n) is 9.52. The first-order chi connectivity index (χ1) is 11.1. The number of piperidine rings is 1. The van der Waals surface area contributed by atoms with Crippen LogP contribution in [0.15, 0.2) is 18.2 Å². The number of hydrogen-bond acceptors (Lipinski definition) is 3. The predicted molar refractivity (Wildman–Crippen MR) is 107 cm³/mol. The van der Waals surface area contributed by atoms with Crippen LogP contribution in [-0.4, -0.2) is 36.6 Å². The number of hydrogen-bond donors (Lipinski definition) is 1. The lowest BCUT2D eigenvalue weighted by atomic mass is 10.1. The van der Waals surface area contributed by atoms with Gasteiger partial charge in [0.1, 0.15) is 5.82 Å². The Hall–Kier alpha value is -1.09. The molecule has 136 valence electrons. The van der Waals surface area contributed by atoms with Crippen molar-refractivity contribution in [3.05, 3.63) is 23.9 Å². The van der Waals surface area contributed by atoms with E-state index in [9.17, 15) is 0 Å². The molecule has 1 fully saturated rings. The molecule has 2 heterocycles. The standard InChI is InChI=1S/C10H16N2.C6H13N.2C2H6/c1-4-11-10-7-5-6-9(12-10)8(2)3;1-7-5-3-2-4-6-7;2*1-2/h5-8H,4H2,1-3H3,(H,11,12);2-6H2,1H3;2*1-2H3. The van der Waals surface area contributed by atoms with Gasteiger partial charge in [0.15, 0.2) is 0 Å². The highest BCUT2D eigenvalue weighted by Crippen LogP contribution is 2.13. The number of pyridine rings is 1. The summed E-state index contributed by atoms with van der Waals surface area (Å²) in [6.45, 7) is 17.9. The van der Waals surface area contributed by atoms with Gasteiger partial charge in [-0.05, 0) is 58.0 Å². The molecule has 1 aliphatic heterocycles. The van der Waals surface area contributed by atoms with E-state index in [0.29, 0.717) is 5.92 Å². The fourth-order valence-corrected chi connectivity index (χ4v) is 2.10. The Morgan fingerprint density at radius 3 is 2.00 bits per heavy atom. The zero-order chi connectivity index (χ0) is 18.1. The zero-order valence-corrected chi connectivity index (χ0v) is 16.9. The van der Waals surface area contributed by atoms with Gasteiger partial charge in [-0.25, -0.2) is 4.98 Å². The molecular weight excluding hydrogens is 282 g/mol. The maximum atomic E-state index is 4.45. The van der Waals surface area contributed by atoms with Gasteiger partial charge in [-0.1, -0.05) is 54.0 Å². The van der Waals surface area contributed by atoms with E-state index >= 15 is 0 Å². The molecule has 0 amide bonds. The van der Waals surface area contributed by atoms with Gasteiger partial charge in [0.05, 0.1) is 0 Å². The molecule has 0 bridgehead atoms. The molecule has 3 heteroatoms. The molecule has 1 aliphatic rings. The van der Waals surface area contributed by atoms with Crippen LogP contribution in [0.2, 0.25) is 0 Å². The van der Waals surface area contributed by atoms with E-state index in [-0.39, 0.29) is 0 Å². The Kier molecular flexibility index (Phi) is 18.1. The lowest BCUT2D eigenvalue weighted by Crippen LogP contribution is -2.24. The number of aromatic nitrogens is 1. The van der Waals surface area contributed by atoms with Crippen LogP contribution in [0.1, 0.15) is 79.3 Å². The highest BCUT2D eigenvalue weighted by Gasteiger charge is 2.02. The summed E-state index contributed by atoms with van der Waals surface area (Å²) >= 11 is 0. The topological polar surface area (TPSA) is 28.2 Å². The van der Waals surface area contributed by atoms with Gasteiger partial charge in [0, 0.05) is 12.2 Å². The molecule has 0 aromatic carbocycles. The Labute approximate surface area is 145 Å². The Bertz CT molecular complexity index is 344. The quantitative estimate of drug-likeness (QED) is 0.763. The largest absolute Gasteiger partial charge is 0.370 e. The monoisotopic (exact) mass is 323 g/mol. The maximum absolute atomic E-state index is 4.45. The van der Waals surface area contributed by atoms with Crippen LogP contribution >= 0.6 is 0 Å². The Morgan fingerprint density at radius 1 is 1.04 bits per heavy atom. The lowest BCUT2D eigenvalue weighted by Gasteiger charge is -2.20. The molecule has 0 unspecified atom stereocenters. The minimum atomic E-state index is 0.503. The third-order valence-electron chi connectivity index (χ3n) is 3.30. The molecule has 0 aliphatic carbocycles. The summed E-state index contributed by atoms with van der Waals surface area (Å²) in [6.07, 6.45) is 4.28. The summed E-state index contributed by atoms with van der Waals surface area (Å²) in [5.74, 6) is 1.48. The summed E-state index contributed by atoms with van der Waals surface area (Å²) in [5.41, 5.74) is 1.15. The van der Waals surface area contributed by atoms with Gasteiger partial charge in [-0.15, -0.1) is 0 Å². The Balaban J connectivity index is 0. The van der Waals surface area contributed by atoms with E-state index in [1.165, 1.54) is 32.4 Å². The van der Waals surface area contributed by atoms with Crippen LogP contribution in [0.25, 0.3) is 0 Å². The van der Waals surface area contributed by atoms with Crippen LogP contribution < -0.4 is 5.32 Å². The van der Waals surface area contributed by atoms with Crippen molar-refractivity contribution in [3.63, 3.8) is 0 Å². The third-order valence-corrected chi connectivity index (χ3v) is 3.30. The van der Waals surface area contributed by atoms with Crippen LogP contribution in [0, 0.1) is 0 Å². The van der Waals surface area contributed by atoms with Crippen LogP contribution in [0.5, 0.6) is 0 Å². The summed E-state index contributed by atoms with van der Waals surface area (Å²) in [7, 11) is 2.19. The highest BCUT2D eigenvalue weighted by molar-refractivity contribution is 5.35. The molecule has 2 rings (SSSR count). The number of nitrogens with one attached hydrogen (secondary N) is 1. The average Bonchev–Trinajstić information content (AvgIpc) is 2.60. The summed E-state index contributed by atoms with van der Waals surface area (Å²) in [6, 6.07) is 6.10. The van der Waals surface area contributed by atoms with E-state index in [1.54, 1.807) is 0 Å². The molecule has 1 N–H and O–H groups in total. The smallest absolute Gasteiger partial charge is 0.126 e. The van der Waals surface area contributed by atoms with Crippen molar-refractivity contribution in [3.8, 4) is 0 Å². The number of rotatable bonds is 3. The van der Waals surface area contributed by atoms with Gasteiger partial charge < -0.3 is 10.2 Å². The average molecular weight is 324 g/mol. The predicted octanol–water partition coefficient (Wildman–Crippen LogP) is 5.79. The van der Waals surface area contributed by atoms with Crippen molar-refractivity contribution in [2.45, 2.75) is 73.6 Å². The third kappa shape index (κ3) is 13.1. The van der Waals surface area contributed by atoms with Crippen LogP contribution in [-0.2, 0) is 0 Å². The molecule has 0 saturated carbocycles. The molecule has 3 nitrogen and oxygen atoms in total. The van der Waals surface area contributed by atoms with E-state index < -0.39 is 0 Å². The normalized spacial score (nSPS) is 13.6. The molecule has 0 spiro atoms. The van der Waals surface area contributed by atoms with Gasteiger partial charge in [-0.2, -0.15) is 0 Å². The van der Waals surface area contributed by atoms with Crippen molar-refractivity contribution in [2.75, 3.05) is 32.0 Å². The van der Waals surface area contributed by atoms with Gasteiger partial charge in [0.25, 0.3) is 0 Å². The van der Waals surface area contributed by atoms with E-state index in [0.717, 1.165) is 18.1 Å². The minimum absolute atomic E-state index is 0.503. The number of likely N-dealkylation sites (tertiary alicyclic amines) is 1. The molecule has 0 atom stereocenters. The Morgan fingerprint density at radius 2 is 1.61 bits per heavy atom.